The van der Waals surface area contributed by atoms with E-state index in [-0.39, 0.29) is 11.3 Å². The SMILES string of the molecule is CC(=CC(=O)NCC1(c2ccncc2)CCCCC1)C1CC1. The second-order valence-corrected chi connectivity index (χ2v) is 6.96. The van der Waals surface area contributed by atoms with Gasteiger partial charge in [0.2, 0.25) is 5.91 Å². The van der Waals surface area contributed by atoms with Crippen molar-refractivity contribution in [2.45, 2.75) is 57.3 Å². The topological polar surface area (TPSA) is 42.0 Å². The van der Waals surface area contributed by atoms with Crippen molar-refractivity contribution in [3.63, 3.8) is 0 Å². The fourth-order valence-corrected chi connectivity index (χ4v) is 3.67. The van der Waals surface area contributed by atoms with Gasteiger partial charge in [-0.1, -0.05) is 24.8 Å². The molecule has 0 spiro atoms. The summed E-state index contributed by atoms with van der Waals surface area (Å²) in [7, 11) is 0. The Balaban J connectivity index is 1.68. The zero-order valence-corrected chi connectivity index (χ0v) is 13.5. The maximum absolute atomic E-state index is 12.2. The highest BCUT2D eigenvalue weighted by atomic mass is 16.1. The molecule has 22 heavy (non-hydrogen) atoms. The fraction of sp³-hybridized carbons (Fsp3) is 0.579. The fourth-order valence-electron chi connectivity index (χ4n) is 3.67. The van der Waals surface area contributed by atoms with E-state index < -0.39 is 0 Å². The molecule has 118 valence electrons. The second-order valence-electron chi connectivity index (χ2n) is 6.96. The van der Waals surface area contributed by atoms with Crippen molar-refractivity contribution in [3.05, 3.63) is 41.7 Å². The van der Waals surface area contributed by atoms with E-state index in [2.05, 4.69) is 29.4 Å². The third kappa shape index (κ3) is 3.57. The van der Waals surface area contributed by atoms with Crippen LogP contribution in [0.2, 0.25) is 0 Å². The van der Waals surface area contributed by atoms with Crippen molar-refractivity contribution >= 4 is 5.91 Å². The average molecular weight is 298 g/mol. The summed E-state index contributed by atoms with van der Waals surface area (Å²) in [6.07, 6.45) is 14.1. The summed E-state index contributed by atoms with van der Waals surface area (Å²) in [4.78, 5) is 16.3. The quantitative estimate of drug-likeness (QED) is 0.841. The number of amides is 1. The molecule has 1 aromatic heterocycles. The van der Waals surface area contributed by atoms with Gasteiger partial charge in [0.25, 0.3) is 0 Å². The molecular formula is C19H26N2O. The van der Waals surface area contributed by atoms with E-state index in [1.165, 1.54) is 43.2 Å². The van der Waals surface area contributed by atoms with Crippen LogP contribution in [0.3, 0.4) is 0 Å². The highest BCUT2D eigenvalue weighted by Gasteiger charge is 2.34. The molecule has 2 aliphatic carbocycles. The van der Waals surface area contributed by atoms with Gasteiger partial charge in [0.1, 0.15) is 0 Å². The third-order valence-electron chi connectivity index (χ3n) is 5.28. The molecule has 0 aromatic carbocycles. The number of nitrogens with zero attached hydrogens (tertiary/aromatic N) is 1. The molecule has 3 rings (SSSR count). The van der Waals surface area contributed by atoms with Crippen molar-refractivity contribution in [2.75, 3.05) is 6.54 Å². The number of aromatic nitrogens is 1. The number of hydrogen-bond acceptors (Lipinski definition) is 2. The first-order valence-electron chi connectivity index (χ1n) is 8.56. The summed E-state index contributed by atoms with van der Waals surface area (Å²) in [5, 5.41) is 3.17. The molecule has 1 aromatic rings. The van der Waals surface area contributed by atoms with Crippen LogP contribution < -0.4 is 5.32 Å². The molecule has 1 N–H and O–H groups in total. The van der Waals surface area contributed by atoms with Gasteiger partial charge >= 0.3 is 0 Å². The molecule has 2 saturated carbocycles. The molecule has 2 aliphatic rings. The minimum absolute atomic E-state index is 0.0726. The Hall–Kier alpha value is -1.64. The molecule has 0 bridgehead atoms. The Morgan fingerprint density at radius 3 is 2.59 bits per heavy atom. The Bertz CT molecular complexity index is 540. The summed E-state index contributed by atoms with van der Waals surface area (Å²) in [6, 6.07) is 4.23. The smallest absolute Gasteiger partial charge is 0.243 e. The summed E-state index contributed by atoms with van der Waals surface area (Å²) in [6.45, 7) is 2.82. The van der Waals surface area contributed by atoms with E-state index in [0.29, 0.717) is 5.92 Å². The molecule has 3 heteroatoms. The number of allylic oxidation sites excluding steroid dienone is 1. The standard InChI is InChI=1S/C19H26N2O/c1-15(16-5-6-16)13-18(22)21-14-19(9-3-2-4-10-19)17-7-11-20-12-8-17/h7-8,11-13,16H,2-6,9-10,14H2,1H3,(H,21,22). The number of carbonyl (C=O) groups excluding carboxylic acids is 1. The van der Waals surface area contributed by atoms with Crippen LogP contribution in [0.1, 0.15) is 57.4 Å². The monoisotopic (exact) mass is 298 g/mol. The predicted octanol–water partition coefficient (Wildman–Crippen LogP) is 3.76. The minimum atomic E-state index is 0.0726. The second kappa shape index (κ2) is 6.64. The normalized spacial score (nSPS) is 21.4. The maximum Gasteiger partial charge on any atom is 0.243 e. The number of pyridine rings is 1. The largest absolute Gasteiger partial charge is 0.352 e. The van der Waals surface area contributed by atoms with Crippen LogP contribution in [0.5, 0.6) is 0 Å². The Morgan fingerprint density at radius 1 is 1.27 bits per heavy atom. The lowest BCUT2D eigenvalue weighted by Gasteiger charge is -2.38. The van der Waals surface area contributed by atoms with Crippen LogP contribution in [0.4, 0.5) is 0 Å². The van der Waals surface area contributed by atoms with Crippen LogP contribution >= 0.6 is 0 Å². The van der Waals surface area contributed by atoms with Crippen LogP contribution in [-0.4, -0.2) is 17.4 Å². The van der Waals surface area contributed by atoms with E-state index >= 15 is 0 Å². The molecule has 2 fully saturated rings. The van der Waals surface area contributed by atoms with Crippen molar-refractivity contribution in [1.29, 1.82) is 0 Å². The maximum atomic E-state index is 12.2. The van der Waals surface area contributed by atoms with Gasteiger partial charge in [-0.15, -0.1) is 0 Å². The lowest BCUT2D eigenvalue weighted by atomic mass is 9.69. The van der Waals surface area contributed by atoms with E-state index in [4.69, 9.17) is 0 Å². The highest BCUT2D eigenvalue weighted by molar-refractivity contribution is 5.88. The molecule has 0 aliphatic heterocycles. The molecule has 0 unspecified atom stereocenters. The van der Waals surface area contributed by atoms with Crippen molar-refractivity contribution in [2.24, 2.45) is 5.92 Å². The molecule has 3 nitrogen and oxygen atoms in total. The Kier molecular flexibility index (Phi) is 4.60. The van der Waals surface area contributed by atoms with Gasteiger partial charge in [-0.2, -0.15) is 0 Å². The van der Waals surface area contributed by atoms with E-state index in [0.717, 1.165) is 19.4 Å². The molecule has 1 heterocycles. The van der Waals surface area contributed by atoms with E-state index in [1.54, 1.807) is 6.08 Å². The van der Waals surface area contributed by atoms with Gasteiger partial charge in [-0.3, -0.25) is 9.78 Å². The van der Waals surface area contributed by atoms with Crippen LogP contribution in [0, 0.1) is 5.92 Å². The minimum Gasteiger partial charge on any atom is -0.352 e. The summed E-state index contributed by atoms with van der Waals surface area (Å²) < 4.78 is 0. The average Bonchev–Trinajstić information content (AvgIpc) is 3.40. The third-order valence-corrected chi connectivity index (χ3v) is 5.28. The van der Waals surface area contributed by atoms with Crippen molar-refractivity contribution in [1.82, 2.24) is 10.3 Å². The predicted molar refractivity (Wildman–Crippen MR) is 88.5 cm³/mol. The van der Waals surface area contributed by atoms with Gasteiger partial charge in [-0.05, 0) is 56.2 Å². The zero-order chi connectivity index (χ0) is 15.4. The Labute approximate surface area is 133 Å². The summed E-state index contributed by atoms with van der Waals surface area (Å²) in [5.41, 5.74) is 2.66. The number of hydrogen-bond donors (Lipinski definition) is 1. The first kappa shape index (κ1) is 15.3. The first-order valence-corrected chi connectivity index (χ1v) is 8.56. The summed E-state index contributed by atoms with van der Waals surface area (Å²) in [5.74, 6) is 0.734. The van der Waals surface area contributed by atoms with Gasteiger partial charge in [0.05, 0.1) is 0 Å². The molecular weight excluding hydrogens is 272 g/mol. The van der Waals surface area contributed by atoms with Crippen molar-refractivity contribution in [3.8, 4) is 0 Å². The number of nitrogens with one attached hydrogen (secondary N) is 1. The van der Waals surface area contributed by atoms with Crippen LogP contribution in [-0.2, 0) is 10.2 Å². The lowest BCUT2D eigenvalue weighted by Crippen LogP contribution is -2.41. The molecule has 0 saturated heterocycles. The lowest BCUT2D eigenvalue weighted by molar-refractivity contribution is -0.116. The molecule has 0 atom stereocenters. The van der Waals surface area contributed by atoms with Gasteiger partial charge in [0.15, 0.2) is 0 Å². The Morgan fingerprint density at radius 2 is 1.95 bits per heavy atom. The van der Waals surface area contributed by atoms with E-state index in [1.807, 2.05) is 12.4 Å². The first-order chi connectivity index (χ1) is 10.7. The van der Waals surface area contributed by atoms with Gasteiger partial charge in [0, 0.05) is 30.4 Å². The zero-order valence-electron chi connectivity index (χ0n) is 13.5. The number of rotatable bonds is 5. The van der Waals surface area contributed by atoms with Gasteiger partial charge < -0.3 is 5.32 Å². The highest BCUT2D eigenvalue weighted by Crippen LogP contribution is 2.39. The van der Waals surface area contributed by atoms with E-state index in [9.17, 15) is 4.79 Å². The number of carbonyl (C=O) groups is 1. The molecule has 1 amide bonds. The summed E-state index contributed by atoms with van der Waals surface area (Å²) >= 11 is 0. The van der Waals surface area contributed by atoms with Crippen LogP contribution in [0.15, 0.2) is 36.2 Å². The van der Waals surface area contributed by atoms with Crippen LogP contribution in [0.25, 0.3) is 0 Å². The van der Waals surface area contributed by atoms with Crippen molar-refractivity contribution < 1.29 is 4.79 Å². The van der Waals surface area contributed by atoms with Gasteiger partial charge in [-0.25, -0.2) is 0 Å². The molecule has 0 radical (unpaired) electrons.